The normalized spacial score (nSPS) is 12.9. The maximum atomic E-state index is 6.08. The lowest BCUT2D eigenvalue weighted by molar-refractivity contribution is 0.591. The highest BCUT2D eigenvalue weighted by molar-refractivity contribution is 5.86. The zero-order valence-corrected chi connectivity index (χ0v) is 10.5. The summed E-state index contributed by atoms with van der Waals surface area (Å²) in [4.78, 5) is 0. The fraction of sp³-hybridized carbons (Fsp3) is 0.429. The Morgan fingerprint density at radius 1 is 1.18 bits per heavy atom. The van der Waals surface area contributed by atoms with Gasteiger partial charge in [0.1, 0.15) is 0 Å². The number of benzene rings is 1. The van der Waals surface area contributed by atoms with Gasteiger partial charge in [-0.3, -0.25) is 0 Å². The molecule has 1 heterocycles. The van der Waals surface area contributed by atoms with Crippen molar-refractivity contribution in [2.75, 3.05) is 0 Å². The first kappa shape index (κ1) is 12.0. The number of hydrogen-bond acceptors (Lipinski definition) is 3. The van der Waals surface area contributed by atoms with Gasteiger partial charge in [0.2, 0.25) is 0 Å². The van der Waals surface area contributed by atoms with Crippen LogP contribution in [-0.4, -0.2) is 16.2 Å². The van der Waals surface area contributed by atoms with Crippen LogP contribution in [0.1, 0.15) is 31.2 Å². The molecule has 0 saturated carbocycles. The van der Waals surface area contributed by atoms with Gasteiger partial charge < -0.3 is 5.73 Å². The molecule has 0 amide bonds. The van der Waals surface area contributed by atoms with Crippen LogP contribution in [-0.2, 0) is 6.42 Å². The Morgan fingerprint density at radius 3 is 2.59 bits per heavy atom. The van der Waals surface area contributed by atoms with Crippen LogP contribution in [0.4, 0.5) is 0 Å². The molecule has 0 radical (unpaired) electrons. The lowest BCUT2D eigenvalue weighted by Crippen LogP contribution is -2.23. The first-order valence-corrected chi connectivity index (χ1v) is 6.19. The Balaban J connectivity index is 2.38. The van der Waals surface area contributed by atoms with E-state index in [1.807, 2.05) is 19.1 Å². The number of nitrogens with zero attached hydrogens (tertiary/aromatic N) is 2. The number of fused-ring (bicyclic) bond motifs is 1. The summed E-state index contributed by atoms with van der Waals surface area (Å²) in [6.45, 7) is 4.14. The lowest BCUT2D eigenvalue weighted by Gasteiger charge is -2.11. The Bertz CT molecular complexity index is 508. The minimum absolute atomic E-state index is 0.181. The molecule has 2 rings (SSSR count). The van der Waals surface area contributed by atoms with Crippen molar-refractivity contribution in [1.29, 1.82) is 0 Å². The molecule has 0 bridgehead atoms. The maximum absolute atomic E-state index is 6.08. The number of aryl methyl sites for hydroxylation is 1. The number of aromatic nitrogens is 2. The number of hydrogen-bond donors (Lipinski definition) is 1. The van der Waals surface area contributed by atoms with Crippen LogP contribution in [0.15, 0.2) is 24.3 Å². The van der Waals surface area contributed by atoms with Gasteiger partial charge in [0.25, 0.3) is 0 Å². The van der Waals surface area contributed by atoms with E-state index in [2.05, 4.69) is 29.3 Å². The van der Waals surface area contributed by atoms with Crippen LogP contribution in [0.25, 0.3) is 10.8 Å². The van der Waals surface area contributed by atoms with Crippen molar-refractivity contribution in [3.05, 3.63) is 35.7 Å². The number of rotatable bonds is 4. The minimum Gasteiger partial charge on any atom is -0.327 e. The molecule has 0 aliphatic rings. The standard InChI is InChI=1S/C14H19N3/c1-3-6-11(15)9-14-13-8-5-4-7-12(13)10(2)16-17-14/h4-5,7-8,11H,3,6,9,15H2,1-2H3. The predicted molar refractivity (Wildman–Crippen MR) is 70.9 cm³/mol. The molecule has 0 saturated heterocycles. The molecule has 2 N–H and O–H groups in total. The van der Waals surface area contributed by atoms with E-state index in [0.29, 0.717) is 0 Å². The van der Waals surface area contributed by atoms with E-state index < -0.39 is 0 Å². The average Bonchev–Trinajstić information content (AvgIpc) is 2.34. The Labute approximate surface area is 102 Å². The molecule has 1 unspecified atom stereocenters. The summed E-state index contributed by atoms with van der Waals surface area (Å²) < 4.78 is 0. The molecule has 1 aromatic heterocycles. The third-order valence-electron chi connectivity index (χ3n) is 3.06. The maximum Gasteiger partial charge on any atom is 0.0724 e. The van der Waals surface area contributed by atoms with Gasteiger partial charge in [-0.25, -0.2) is 0 Å². The highest BCUT2D eigenvalue weighted by Gasteiger charge is 2.09. The summed E-state index contributed by atoms with van der Waals surface area (Å²) in [6.07, 6.45) is 2.95. The average molecular weight is 229 g/mol. The molecular formula is C14H19N3. The largest absolute Gasteiger partial charge is 0.327 e. The highest BCUT2D eigenvalue weighted by Crippen LogP contribution is 2.19. The van der Waals surface area contributed by atoms with Crippen molar-refractivity contribution in [2.24, 2.45) is 5.73 Å². The molecule has 3 nitrogen and oxygen atoms in total. The first-order valence-electron chi connectivity index (χ1n) is 6.19. The lowest BCUT2D eigenvalue weighted by atomic mass is 10.0. The second-order valence-electron chi connectivity index (χ2n) is 4.53. The van der Waals surface area contributed by atoms with E-state index in [0.717, 1.165) is 30.7 Å². The van der Waals surface area contributed by atoms with E-state index >= 15 is 0 Å². The predicted octanol–water partition coefficient (Wildman–Crippen LogP) is 2.61. The third-order valence-corrected chi connectivity index (χ3v) is 3.06. The SMILES string of the molecule is CCCC(N)Cc1nnc(C)c2ccccc12. The summed E-state index contributed by atoms with van der Waals surface area (Å²) >= 11 is 0. The molecule has 1 aromatic carbocycles. The van der Waals surface area contributed by atoms with Gasteiger partial charge in [0.05, 0.1) is 11.4 Å². The Hall–Kier alpha value is -1.48. The summed E-state index contributed by atoms with van der Waals surface area (Å²) in [5, 5.41) is 10.9. The molecule has 0 fully saturated rings. The van der Waals surface area contributed by atoms with Crippen LogP contribution in [0, 0.1) is 6.92 Å². The topological polar surface area (TPSA) is 51.8 Å². The van der Waals surface area contributed by atoms with E-state index in [1.165, 1.54) is 10.8 Å². The van der Waals surface area contributed by atoms with Crippen molar-refractivity contribution in [2.45, 2.75) is 39.2 Å². The van der Waals surface area contributed by atoms with Gasteiger partial charge in [0.15, 0.2) is 0 Å². The molecule has 2 aromatic rings. The minimum atomic E-state index is 0.181. The number of nitrogens with two attached hydrogens (primary N) is 1. The molecule has 0 aliphatic heterocycles. The zero-order valence-electron chi connectivity index (χ0n) is 10.5. The first-order chi connectivity index (χ1) is 8.22. The van der Waals surface area contributed by atoms with Gasteiger partial charge in [-0.1, -0.05) is 37.6 Å². The van der Waals surface area contributed by atoms with Crippen molar-refractivity contribution in [3.8, 4) is 0 Å². The summed E-state index contributed by atoms with van der Waals surface area (Å²) in [6, 6.07) is 8.45. The van der Waals surface area contributed by atoms with Gasteiger partial charge in [-0.2, -0.15) is 10.2 Å². The summed E-state index contributed by atoms with van der Waals surface area (Å²) in [7, 11) is 0. The van der Waals surface area contributed by atoms with Gasteiger partial charge in [-0.15, -0.1) is 0 Å². The summed E-state index contributed by atoms with van der Waals surface area (Å²) in [5.74, 6) is 0. The van der Waals surface area contributed by atoms with E-state index in [4.69, 9.17) is 5.73 Å². The van der Waals surface area contributed by atoms with Crippen LogP contribution >= 0.6 is 0 Å². The molecule has 17 heavy (non-hydrogen) atoms. The van der Waals surface area contributed by atoms with E-state index in [-0.39, 0.29) is 6.04 Å². The molecule has 90 valence electrons. The fourth-order valence-corrected chi connectivity index (χ4v) is 2.17. The Morgan fingerprint density at radius 2 is 1.88 bits per heavy atom. The van der Waals surface area contributed by atoms with Crippen molar-refractivity contribution in [1.82, 2.24) is 10.2 Å². The smallest absolute Gasteiger partial charge is 0.0724 e. The Kier molecular flexibility index (Phi) is 3.69. The van der Waals surface area contributed by atoms with Crippen molar-refractivity contribution in [3.63, 3.8) is 0 Å². The zero-order chi connectivity index (χ0) is 12.3. The highest BCUT2D eigenvalue weighted by atomic mass is 15.1. The molecule has 3 heteroatoms. The van der Waals surface area contributed by atoms with Crippen molar-refractivity contribution >= 4 is 10.8 Å². The molecular weight excluding hydrogens is 210 g/mol. The fourth-order valence-electron chi connectivity index (χ4n) is 2.17. The van der Waals surface area contributed by atoms with Crippen molar-refractivity contribution < 1.29 is 0 Å². The van der Waals surface area contributed by atoms with E-state index in [1.54, 1.807) is 0 Å². The van der Waals surface area contributed by atoms with Gasteiger partial charge >= 0.3 is 0 Å². The molecule has 0 aliphatic carbocycles. The second-order valence-corrected chi connectivity index (χ2v) is 4.53. The third kappa shape index (κ3) is 2.61. The van der Waals surface area contributed by atoms with Crippen LogP contribution < -0.4 is 5.73 Å². The van der Waals surface area contributed by atoms with Gasteiger partial charge in [-0.05, 0) is 13.3 Å². The summed E-state index contributed by atoms with van der Waals surface area (Å²) in [5.41, 5.74) is 8.08. The second kappa shape index (κ2) is 5.23. The van der Waals surface area contributed by atoms with Gasteiger partial charge in [0, 0.05) is 23.2 Å². The molecule has 1 atom stereocenters. The van der Waals surface area contributed by atoms with Crippen LogP contribution in [0.3, 0.4) is 0 Å². The van der Waals surface area contributed by atoms with Crippen LogP contribution in [0.2, 0.25) is 0 Å². The monoisotopic (exact) mass is 229 g/mol. The quantitative estimate of drug-likeness (QED) is 0.876. The van der Waals surface area contributed by atoms with Crippen LogP contribution in [0.5, 0.6) is 0 Å². The van der Waals surface area contributed by atoms with E-state index in [9.17, 15) is 0 Å². The molecule has 0 spiro atoms.